The second-order valence-electron chi connectivity index (χ2n) is 5.36. The molecule has 8 heteroatoms. The number of ether oxygens (including phenoxy) is 1. The van der Waals surface area contributed by atoms with Crippen molar-refractivity contribution >= 4 is 22.9 Å². The van der Waals surface area contributed by atoms with E-state index < -0.39 is 5.56 Å². The Morgan fingerprint density at radius 1 is 1.57 bits per heavy atom. The van der Waals surface area contributed by atoms with Gasteiger partial charge in [-0.15, -0.1) is 11.3 Å². The molecule has 1 saturated heterocycles. The van der Waals surface area contributed by atoms with Crippen LogP contribution in [0.15, 0.2) is 28.4 Å². The number of aromatic nitrogens is 2. The Morgan fingerprint density at radius 3 is 3.13 bits per heavy atom. The highest BCUT2D eigenvalue weighted by Crippen LogP contribution is 2.22. The lowest BCUT2D eigenvalue weighted by Gasteiger charge is -2.12. The molecule has 122 valence electrons. The second-order valence-corrected chi connectivity index (χ2v) is 6.31. The van der Waals surface area contributed by atoms with Crippen LogP contribution in [0, 0.1) is 0 Å². The molecule has 7 nitrogen and oxygen atoms in total. The third kappa shape index (κ3) is 3.77. The molecule has 1 amide bonds. The molecular formula is C15H18N4O3S. The van der Waals surface area contributed by atoms with Crippen LogP contribution >= 0.6 is 11.3 Å². The lowest BCUT2D eigenvalue weighted by Crippen LogP contribution is -2.37. The summed E-state index contributed by atoms with van der Waals surface area (Å²) in [7, 11) is 0. The minimum atomic E-state index is -0.461. The minimum Gasteiger partial charge on any atom is -0.394 e. The van der Waals surface area contributed by atoms with E-state index in [0.29, 0.717) is 12.2 Å². The molecule has 3 N–H and O–H groups in total. The highest BCUT2D eigenvalue weighted by molar-refractivity contribution is 7.13. The topological polar surface area (TPSA) is 99.2 Å². The lowest BCUT2D eigenvalue weighted by molar-refractivity contribution is -0.122. The van der Waals surface area contributed by atoms with Gasteiger partial charge >= 0.3 is 0 Å². The molecule has 23 heavy (non-hydrogen) atoms. The maximum Gasteiger partial charge on any atom is 0.290 e. The van der Waals surface area contributed by atoms with Gasteiger partial charge in [-0.25, -0.2) is 4.68 Å². The van der Waals surface area contributed by atoms with Crippen molar-refractivity contribution in [3.8, 4) is 10.6 Å². The zero-order valence-corrected chi connectivity index (χ0v) is 13.3. The molecule has 2 aromatic heterocycles. The summed E-state index contributed by atoms with van der Waals surface area (Å²) < 4.78 is 6.55. The summed E-state index contributed by atoms with van der Waals surface area (Å²) in [5.74, 6) is -0.280. The molecule has 1 atom stereocenters. The number of hydrogen-bond donors (Lipinski definition) is 2. The number of carbonyl (C=O) groups excluding carboxylic acids is 1. The summed E-state index contributed by atoms with van der Waals surface area (Å²) in [6, 6.07) is 5.31. The van der Waals surface area contributed by atoms with Gasteiger partial charge in [0.1, 0.15) is 17.9 Å². The number of carbonyl (C=O) groups is 1. The van der Waals surface area contributed by atoms with Gasteiger partial charge < -0.3 is 15.8 Å². The maximum absolute atomic E-state index is 12.1. The van der Waals surface area contributed by atoms with Gasteiger partial charge in [0.05, 0.1) is 11.0 Å². The van der Waals surface area contributed by atoms with Crippen LogP contribution in [0.3, 0.4) is 0 Å². The second kappa shape index (κ2) is 6.93. The van der Waals surface area contributed by atoms with Crippen molar-refractivity contribution < 1.29 is 9.53 Å². The lowest BCUT2D eigenvalue weighted by atomic mass is 10.2. The fourth-order valence-electron chi connectivity index (χ4n) is 2.44. The highest BCUT2D eigenvalue weighted by atomic mass is 32.1. The largest absolute Gasteiger partial charge is 0.394 e. The number of amides is 1. The van der Waals surface area contributed by atoms with Crippen molar-refractivity contribution in [1.29, 1.82) is 0 Å². The first kappa shape index (κ1) is 15.7. The van der Waals surface area contributed by atoms with Crippen LogP contribution in [0.4, 0.5) is 5.69 Å². The predicted molar refractivity (Wildman–Crippen MR) is 88.2 cm³/mol. The number of nitrogens with one attached hydrogen (secondary N) is 1. The molecule has 1 aliphatic rings. The zero-order chi connectivity index (χ0) is 16.2. The normalized spacial score (nSPS) is 17.3. The molecule has 0 aliphatic carbocycles. The summed E-state index contributed by atoms with van der Waals surface area (Å²) in [6.45, 7) is 1.03. The number of anilines is 1. The molecule has 0 radical (unpaired) electrons. The molecule has 1 fully saturated rings. The number of thiophene rings is 1. The van der Waals surface area contributed by atoms with Crippen molar-refractivity contribution in [3.63, 3.8) is 0 Å². The van der Waals surface area contributed by atoms with E-state index in [2.05, 4.69) is 10.4 Å². The van der Waals surface area contributed by atoms with E-state index in [-0.39, 0.29) is 24.2 Å². The third-order valence-corrected chi connectivity index (χ3v) is 4.51. The first-order valence-electron chi connectivity index (χ1n) is 7.43. The first-order chi connectivity index (χ1) is 11.1. The smallest absolute Gasteiger partial charge is 0.290 e. The van der Waals surface area contributed by atoms with Crippen LogP contribution < -0.4 is 16.6 Å². The molecule has 0 bridgehead atoms. The molecule has 0 aromatic carbocycles. The Kier molecular flexibility index (Phi) is 4.73. The Hall–Kier alpha value is -2.19. The fourth-order valence-corrected chi connectivity index (χ4v) is 3.12. The number of nitrogens with zero attached hydrogens (tertiary/aromatic N) is 2. The van der Waals surface area contributed by atoms with Crippen molar-refractivity contribution in [1.82, 2.24) is 15.1 Å². The quantitative estimate of drug-likeness (QED) is 0.844. The van der Waals surface area contributed by atoms with Gasteiger partial charge in [0, 0.05) is 13.2 Å². The van der Waals surface area contributed by atoms with Gasteiger partial charge in [0.2, 0.25) is 5.91 Å². The fraction of sp³-hybridized carbons (Fsp3) is 0.400. The summed E-state index contributed by atoms with van der Waals surface area (Å²) in [4.78, 5) is 25.0. The molecular weight excluding hydrogens is 316 g/mol. The van der Waals surface area contributed by atoms with E-state index in [0.717, 1.165) is 29.0 Å². The van der Waals surface area contributed by atoms with E-state index in [1.54, 1.807) is 0 Å². The number of nitrogen functional groups attached to an aromatic ring is 1. The van der Waals surface area contributed by atoms with Crippen LogP contribution in [-0.2, 0) is 16.1 Å². The number of hydrogen-bond acceptors (Lipinski definition) is 6. The molecule has 0 saturated carbocycles. The Balaban J connectivity index is 1.71. The summed E-state index contributed by atoms with van der Waals surface area (Å²) in [5, 5.41) is 8.92. The van der Waals surface area contributed by atoms with Gasteiger partial charge in [0.25, 0.3) is 5.56 Å². The summed E-state index contributed by atoms with van der Waals surface area (Å²) >= 11 is 1.49. The van der Waals surface area contributed by atoms with Crippen molar-refractivity contribution in [2.24, 2.45) is 0 Å². The van der Waals surface area contributed by atoms with E-state index in [4.69, 9.17) is 10.5 Å². The van der Waals surface area contributed by atoms with Crippen LogP contribution in [0.1, 0.15) is 12.8 Å². The zero-order valence-electron chi connectivity index (χ0n) is 12.5. The molecule has 2 aromatic rings. The maximum atomic E-state index is 12.1. The van der Waals surface area contributed by atoms with E-state index in [1.165, 1.54) is 17.4 Å². The third-order valence-electron chi connectivity index (χ3n) is 3.62. The average molecular weight is 334 g/mol. The van der Waals surface area contributed by atoms with Crippen LogP contribution in [0.5, 0.6) is 0 Å². The van der Waals surface area contributed by atoms with Gasteiger partial charge in [-0.1, -0.05) is 6.07 Å². The SMILES string of the molecule is Nc1cc(-c2cccs2)nn(CC(=O)NC[C@@H]2CCCO2)c1=O. The van der Waals surface area contributed by atoms with Gasteiger partial charge in [-0.3, -0.25) is 9.59 Å². The van der Waals surface area contributed by atoms with E-state index in [1.807, 2.05) is 17.5 Å². The van der Waals surface area contributed by atoms with Gasteiger partial charge in [-0.05, 0) is 30.4 Å². The summed E-state index contributed by atoms with van der Waals surface area (Å²) in [6.07, 6.45) is 2.02. The monoisotopic (exact) mass is 334 g/mol. The summed E-state index contributed by atoms with van der Waals surface area (Å²) in [5.41, 5.74) is 5.96. The molecule has 3 heterocycles. The average Bonchev–Trinajstić information content (AvgIpc) is 3.22. The van der Waals surface area contributed by atoms with Crippen molar-refractivity contribution in [2.75, 3.05) is 18.9 Å². The highest BCUT2D eigenvalue weighted by Gasteiger charge is 2.17. The van der Waals surface area contributed by atoms with Crippen LogP contribution in [0.25, 0.3) is 10.6 Å². The number of rotatable bonds is 5. The predicted octanol–water partition coefficient (Wildman–Crippen LogP) is 0.849. The Bertz CT molecular complexity index is 736. The minimum absolute atomic E-state index is 0.0613. The van der Waals surface area contributed by atoms with Gasteiger partial charge in [0.15, 0.2) is 0 Å². The van der Waals surface area contributed by atoms with Crippen molar-refractivity contribution in [2.45, 2.75) is 25.5 Å². The van der Waals surface area contributed by atoms with Gasteiger partial charge in [-0.2, -0.15) is 5.10 Å². The van der Waals surface area contributed by atoms with Crippen LogP contribution in [0.2, 0.25) is 0 Å². The standard InChI is InChI=1S/C15H18N4O3S/c16-11-7-12(13-4-2-6-23-13)18-19(15(11)21)9-14(20)17-8-10-3-1-5-22-10/h2,4,6-7,10H,1,3,5,8-9,16H2,(H,17,20)/t10-/m0/s1. The molecule has 0 spiro atoms. The van der Waals surface area contributed by atoms with E-state index in [9.17, 15) is 9.59 Å². The Morgan fingerprint density at radius 2 is 2.43 bits per heavy atom. The molecule has 0 unspecified atom stereocenters. The number of nitrogens with two attached hydrogens (primary N) is 1. The molecule has 3 rings (SSSR count). The van der Waals surface area contributed by atoms with Crippen molar-refractivity contribution in [3.05, 3.63) is 33.9 Å². The molecule has 1 aliphatic heterocycles. The first-order valence-corrected chi connectivity index (χ1v) is 8.31. The Labute approximate surface area is 137 Å². The van der Waals surface area contributed by atoms with E-state index >= 15 is 0 Å². The van der Waals surface area contributed by atoms with Crippen LogP contribution in [-0.4, -0.2) is 34.9 Å².